The van der Waals surface area contributed by atoms with E-state index < -0.39 is 17.5 Å². The molecular weight excluding hydrogens is 263 g/mol. The van der Waals surface area contributed by atoms with Crippen LogP contribution in [0.15, 0.2) is 42.9 Å². The number of hydrogen-bond acceptors (Lipinski definition) is 3. The van der Waals surface area contributed by atoms with Crippen molar-refractivity contribution in [3.05, 3.63) is 54.2 Å². The van der Waals surface area contributed by atoms with E-state index in [1.54, 1.807) is 29.1 Å². The van der Waals surface area contributed by atoms with Gasteiger partial charge in [0.15, 0.2) is 0 Å². The number of carbonyl (C=O) groups is 1. The summed E-state index contributed by atoms with van der Waals surface area (Å²) in [6.45, 7) is 0. The summed E-state index contributed by atoms with van der Waals surface area (Å²) in [4.78, 5) is 14.9. The highest BCUT2D eigenvalue weighted by Crippen LogP contribution is 2.30. The molecule has 0 radical (unpaired) electrons. The highest BCUT2D eigenvalue weighted by Gasteiger charge is 2.16. The summed E-state index contributed by atoms with van der Waals surface area (Å²) in [7, 11) is 0. The minimum Gasteiger partial charge on any atom is -0.506 e. The van der Waals surface area contributed by atoms with Crippen LogP contribution in [0.3, 0.4) is 0 Å². The van der Waals surface area contributed by atoms with Crippen molar-refractivity contribution in [1.29, 1.82) is 0 Å². The Balaban J connectivity index is 2.29. The van der Waals surface area contributed by atoms with E-state index in [1.165, 1.54) is 6.07 Å². The molecule has 2 N–H and O–H groups in total. The summed E-state index contributed by atoms with van der Waals surface area (Å²) in [6.07, 6.45) is 4.41. The van der Waals surface area contributed by atoms with Gasteiger partial charge in [-0.3, -0.25) is 4.98 Å². The Morgan fingerprint density at radius 3 is 2.60 bits per heavy atom. The van der Waals surface area contributed by atoms with E-state index in [-0.39, 0.29) is 16.6 Å². The van der Waals surface area contributed by atoms with Gasteiger partial charge in [-0.1, -0.05) is 0 Å². The molecule has 0 aliphatic carbocycles. The summed E-state index contributed by atoms with van der Waals surface area (Å²) in [6, 6.07) is 6.04. The van der Waals surface area contributed by atoms with Crippen molar-refractivity contribution in [2.45, 2.75) is 0 Å². The van der Waals surface area contributed by atoms with Crippen LogP contribution >= 0.6 is 0 Å². The van der Waals surface area contributed by atoms with Gasteiger partial charge in [0.1, 0.15) is 17.1 Å². The van der Waals surface area contributed by atoms with Crippen LogP contribution < -0.4 is 0 Å². The molecule has 3 aromatic rings. The zero-order valence-corrected chi connectivity index (χ0v) is 10.1. The molecule has 0 saturated carbocycles. The predicted octanol–water partition coefficient (Wildman–Crippen LogP) is 2.57. The summed E-state index contributed by atoms with van der Waals surface area (Å²) >= 11 is 0. The van der Waals surface area contributed by atoms with Crippen LogP contribution in [0.1, 0.15) is 10.4 Å². The lowest BCUT2D eigenvalue weighted by atomic mass is 10.1. The largest absolute Gasteiger partial charge is 0.506 e. The molecule has 0 unspecified atom stereocenters. The van der Waals surface area contributed by atoms with E-state index in [0.717, 1.165) is 12.3 Å². The molecule has 0 aliphatic rings. The standard InChI is InChI=1S/C14H9FN2O3/c15-10-5-8-11(6-12(10)17-3-1-2-4-17)16-7-9(13(8)18)14(19)20/h1-7H,(H,16,18)(H,19,20). The molecule has 2 aromatic heterocycles. The Morgan fingerprint density at radius 1 is 1.25 bits per heavy atom. The van der Waals surface area contributed by atoms with Crippen LogP contribution in [0.4, 0.5) is 4.39 Å². The van der Waals surface area contributed by atoms with Crippen molar-refractivity contribution in [2.75, 3.05) is 0 Å². The van der Waals surface area contributed by atoms with Crippen molar-refractivity contribution in [3.8, 4) is 11.4 Å². The maximum absolute atomic E-state index is 14.1. The molecule has 0 amide bonds. The zero-order chi connectivity index (χ0) is 14.3. The Morgan fingerprint density at radius 2 is 1.95 bits per heavy atom. The summed E-state index contributed by atoms with van der Waals surface area (Å²) in [5, 5.41) is 18.8. The van der Waals surface area contributed by atoms with Gasteiger partial charge in [0, 0.05) is 24.0 Å². The zero-order valence-electron chi connectivity index (χ0n) is 10.1. The number of carboxylic acid groups (broad SMARTS) is 1. The van der Waals surface area contributed by atoms with Gasteiger partial charge in [-0.05, 0) is 24.3 Å². The van der Waals surface area contributed by atoms with E-state index in [2.05, 4.69) is 4.98 Å². The lowest BCUT2D eigenvalue weighted by Gasteiger charge is -2.08. The first kappa shape index (κ1) is 12.2. The molecule has 5 nitrogen and oxygen atoms in total. The fourth-order valence-corrected chi connectivity index (χ4v) is 2.04. The van der Waals surface area contributed by atoms with Crippen molar-refractivity contribution in [3.63, 3.8) is 0 Å². The van der Waals surface area contributed by atoms with Crippen molar-refractivity contribution in [2.24, 2.45) is 0 Å². The number of aromatic hydroxyl groups is 1. The SMILES string of the molecule is O=C(O)c1cnc2cc(-n3cccc3)c(F)cc2c1O. The van der Waals surface area contributed by atoms with Gasteiger partial charge in [0.05, 0.1) is 11.2 Å². The molecule has 0 fully saturated rings. The van der Waals surface area contributed by atoms with Crippen LogP contribution in [-0.2, 0) is 0 Å². The molecule has 20 heavy (non-hydrogen) atoms. The molecule has 6 heteroatoms. The second-order valence-electron chi connectivity index (χ2n) is 4.24. The number of benzene rings is 1. The monoisotopic (exact) mass is 272 g/mol. The second kappa shape index (κ2) is 4.34. The summed E-state index contributed by atoms with van der Waals surface area (Å²) < 4.78 is 15.7. The first-order chi connectivity index (χ1) is 9.58. The maximum atomic E-state index is 14.1. The average molecular weight is 272 g/mol. The number of pyridine rings is 1. The Labute approximate surface area is 112 Å². The quantitative estimate of drug-likeness (QED) is 0.751. The van der Waals surface area contributed by atoms with Gasteiger partial charge < -0.3 is 14.8 Å². The lowest BCUT2D eigenvalue weighted by molar-refractivity contribution is 0.0693. The molecule has 0 spiro atoms. The smallest absolute Gasteiger partial charge is 0.341 e. The summed E-state index contributed by atoms with van der Waals surface area (Å²) in [5.41, 5.74) is 0.237. The molecule has 0 saturated heterocycles. The molecule has 0 aliphatic heterocycles. The van der Waals surface area contributed by atoms with Crippen LogP contribution in [0.5, 0.6) is 5.75 Å². The van der Waals surface area contributed by atoms with E-state index in [4.69, 9.17) is 5.11 Å². The van der Waals surface area contributed by atoms with E-state index in [9.17, 15) is 14.3 Å². The minimum atomic E-state index is -1.31. The Bertz CT molecular complexity index is 813. The Hall–Kier alpha value is -2.89. The van der Waals surface area contributed by atoms with Crippen LogP contribution in [0.25, 0.3) is 16.6 Å². The van der Waals surface area contributed by atoms with E-state index in [1.807, 2.05) is 0 Å². The molecule has 0 atom stereocenters. The van der Waals surface area contributed by atoms with Crippen molar-refractivity contribution in [1.82, 2.24) is 9.55 Å². The molecule has 0 bridgehead atoms. The van der Waals surface area contributed by atoms with Gasteiger partial charge in [0.2, 0.25) is 0 Å². The average Bonchev–Trinajstić information content (AvgIpc) is 2.92. The van der Waals surface area contributed by atoms with Gasteiger partial charge in [-0.25, -0.2) is 9.18 Å². The molecule has 3 rings (SSSR count). The van der Waals surface area contributed by atoms with Crippen molar-refractivity contribution < 1.29 is 19.4 Å². The van der Waals surface area contributed by atoms with Crippen LogP contribution in [0, 0.1) is 5.82 Å². The molecule has 2 heterocycles. The number of fused-ring (bicyclic) bond motifs is 1. The van der Waals surface area contributed by atoms with Gasteiger partial charge >= 0.3 is 5.97 Å². The van der Waals surface area contributed by atoms with E-state index >= 15 is 0 Å². The third kappa shape index (κ3) is 1.78. The fraction of sp³-hybridized carbons (Fsp3) is 0. The number of nitrogens with zero attached hydrogens (tertiary/aromatic N) is 2. The highest BCUT2D eigenvalue weighted by atomic mass is 19.1. The first-order valence-electron chi connectivity index (χ1n) is 5.76. The molecular formula is C14H9FN2O3. The van der Waals surface area contributed by atoms with Crippen LogP contribution in [0.2, 0.25) is 0 Å². The van der Waals surface area contributed by atoms with E-state index in [0.29, 0.717) is 5.52 Å². The summed E-state index contributed by atoms with van der Waals surface area (Å²) in [5.74, 6) is -2.37. The second-order valence-corrected chi connectivity index (χ2v) is 4.24. The number of hydrogen-bond donors (Lipinski definition) is 2. The van der Waals surface area contributed by atoms with Gasteiger partial charge in [0.25, 0.3) is 0 Å². The maximum Gasteiger partial charge on any atom is 0.341 e. The third-order valence-corrected chi connectivity index (χ3v) is 3.02. The minimum absolute atomic E-state index is 0.0679. The number of carboxylic acids is 1. The first-order valence-corrected chi connectivity index (χ1v) is 5.76. The third-order valence-electron chi connectivity index (χ3n) is 3.02. The fourth-order valence-electron chi connectivity index (χ4n) is 2.04. The van der Waals surface area contributed by atoms with Gasteiger partial charge in [-0.2, -0.15) is 0 Å². The van der Waals surface area contributed by atoms with Gasteiger partial charge in [-0.15, -0.1) is 0 Å². The lowest BCUT2D eigenvalue weighted by Crippen LogP contribution is -2.00. The number of aromatic carboxylic acids is 1. The molecule has 1 aromatic carbocycles. The van der Waals surface area contributed by atoms with Crippen LogP contribution in [-0.4, -0.2) is 25.7 Å². The highest BCUT2D eigenvalue weighted by molar-refractivity contribution is 5.98. The molecule has 100 valence electrons. The normalized spacial score (nSPS) is 10.8. The van der Waals surface area contributed by atoms with Crippen molar-refractivity contribution >= 4 is 16.9 Å². The number of halogens is 1. The number of aromatic nitrogens is 2. The topological polar surface area (TPSA) is 75.3 Å². The number of rotatable bonds is 2. The Kier molecular flexibility index (Phi) is 2.64. The predicted molar refractivity (Wildman–Crippen MR) is 69.7 cm³/mol.